The third-order valence-corrected chi connectivity index (χ3v) is 3.19. The molecule has 3 aromatic rings. The number of nitrogen functional groups attached to an aromatic ring is 1. The smallest absolute Gasteiger partial charge is 0.0894 e. The molecule has 98 valence electrons. The van der Waals surface area contributed by atoms with Gasteiger partial charge in [-0.05, 0) is 42.8 Å². The van der Waals surface area contributed by atoms with Crippen LogP contribution in [-0.2, 0) is 0 Å². The Hall–Kier alpha value is -2.68. The van der Waals surface area contributed by atoms with Crippen molar-refractivity contribution in [3.8, 4) is 11.3 Å². The third kappa shape index (κ3) is 2.26. The van der Waals surface area contributed by atoms with Crippen molar-refractivity contribution in [1.82, 2.24) is 9.97 Å². The molecule has 0 fully saturated rings. The second kappa shape index (κ2) is 4.78. The highest BCUT2D eigenvalue weighted by atomic mass is 14.8. The first kappa shape index (κ1) is 12.4. The van der Waals surface area contributed by atoms with Crippen LogP contribution in [0, 0.1) is 0 Å². The number of fused-ring (bicyclic) bond motifs is 1. The van der Waals surface area contributed by atoms with Gasteiger partial charge in [-0.25, -0.2) is 4.98 Å². The summed E-state index contributed by atoms with van der Waals surface area (Å²) in [5.41, 5.74) is 12.2. The molecular weight excluding hydrogens is 246 g/mol. The van der Waals surface area contributed by atoms with E-state index >= 15 is 0 Å². The van der Waals surface area contributed by atoms with Crippen molar-refractivity contribution in [3.63, 3.8) is 0 Å². The van der Waals surface area contributed by atoms with E-state index < -0.39 is 0 Å². The summed E-state index contributed by atoms with van der Waals surface area (Å²) in [5.74, 6) is 0. The molecular formula is C17H15N3. The predicted molar refractivity (Wildman–Crippen MR) is 84.1 cm³/mol. The van der Waals surface area contributed by atoms with Crippen LogP contribution in [0.5, 0.6) is 0 Å². The van der Waals surface area contributed by atoms with Gasteiger partial charge in [-0.15, -0.1) is 0 Å². The number of benzene rings is 2. The molecule has 20 heavy (non-hydrogen) atoms. The highest BCUT2D eigenvalue weighted by Gasteiger charge is 2.05. The molecule has 0 aliphatic carbocycles. The van der Waals surface area contributed by atoms with Gasteiger partial charge in [0.2, 0.25) is 0 Å². The maximum absolute atomic E-state index is 5.96. The van der Waals surface area contributed by atoms with Gasteiger partial charge in [-0.2, -0.15) is 0 Å². The maximum atomic E-state index is 5.96. The molecule has 2 N–H and O–H groups in total. The molecule has 0 bridgehead atoms. The summed E-state index contributed by atoms with van der Waals surface area (Å²) in [6, 6.07) is 13.7. The molecule has 0 amide bonds. The molecule has 2 aromatic carbocycles. The van der Waals surface area contributed by atoms with Crippen molar-refractivity contribution < 1.29 is 0 Å². The monoisotopic (exact) mass is 261 g/mol. The number of nitrogens with zero attached hydrogens (tertiary/aromatic N) is 2. The lowest BCUT2D eigenvalue weighted by Crippen LogP contribution is -1.93. The van der Waals surface area contributed by atoms with Gasteiger partial charge in [0.05, 0.1) is 22.9 Å². The lowest BCUT2D eigenvalue weighted by molar-refractivity contribution is 1.29. The standard InChI is InChI=1S/C17H15N3/c1-11(2)12-7-13(9-14(18)8-12)17-10-19-15-5-3-4-6-16(15)20-17/h3-10H,1,18H2,2H3. The first-order valence-corrected chi connectivity index (χ1v) is 6.42. The van der Waals surface area contributed by atoms with Crippen LogP contribution in [0.4, 0.5) is 5.69 Å². The molecule has 0 spiro atoms. The molecule has 0 saturated carbocycles. The van der Waals surface area contributed by atoms with Crippen LogP contribution in [-0.4, -0.2) is 9.97 Å². The van der Waals surface area contributed by atoms with Crippen molar-refractivity contribution in [2.45, 2.75) is 6.92 Å². The van der Waals surface area contributed by atoms with Crippen molar-refractivity contribution in [3.05, 3.63) is 60.8 Å². The predicted octanol–water partition coefficient (Wildman–Crippen LogP) is 3.91. The Labute approximate surface area is 117 Å². The van der Waals surface area contributed by atoms with Crippen LogP contribution in [0.3, 0.4) is 0 Å². The molecule has 0 aliphatic rings. The number of anilines is 1. The van der Waals surface area contributed by atoms with Crippen LogP contribution in [0.2, 0.25) is 0 Å². The lowest BCUT2D eigenvalue weighted by atomic mass is 10.0. The molecule has 3 heteroatoms. The first-order chi connectivity index (χ1) is 9.63. The lowest BCUT2D eigenvalue weighted by Gasteiger charge is -2.07. The number of aromatic nitrogens is 2. The zero-order valence-electron chi connectivity index (χ0n) is 11.3. The van der Waals surface area contributed by atoms with E-state index in [1.165, 1.54) is 0 Å². The third-order valence-electron chi connectivity index (χ3n) is 3.19. The molecule has 0 saturated heterocycles. The molecule has 1 heterocycles. The molecule has 0 aliphatic heterocycles. The molecule has 1 aromatic heterocycles. The van der Waals surface area contributed by atoms with Gasteiger partial charge in [0.15, 0.2) is 0 Å². The van der Waals surface area contributed by atoms with Crippen molar-refractivity contribution >= 4 is 22.3 Å². The molecule has 0 radical (unpaired) electrons. The number of para-hydroxylation sites is 2. The minimum Gasteiger partial charge on any atom is -0.399 e. The number of hydrogen-bond donors (Lipinski definition) is 1. The topological polar surface area (TPSA) is 51.8 Å². The highest BCUT2D eigenvalue weighted by Crippen LogP contribution is 2.25. The molecule has 0 atom stereocenters. The Bertz CT molecular complexity index is 806. The first-order valence-electron chi connectivity index (χ1n) is 6.42. The SMILES string of the molecule is C=C(C)c1cc(N)cc(-c2cnc3ccccc3n2)c1. The van der Waals surface area contributed by atoms with E-state index in [4.69, 9.17) is 5.73 Å². The summed E-state index contributed by atoms with van der Waals surface area (Å²) >= 11 is 0. The van der Waals surface area contributed by atoms with Gasteiger partial charge in [0, 0.05) is 11.3 Å². The second-order valence-electron chi connectivity index (χ2n) is 4.87. The minimum atomic E-state index is 0.704. The van der Waals surface area contributed by atoms with Gasteiger partial charge in [-0.1, -0.05) is 24.3 Å². The van der Waals surface area contributed by atoms with E-state index in [1.54, 1.807) is 6.20 Å². The summed E-state index contributed by atoms with van der Waals surface area (Å²) in [4.78, 5) is 9.08. The van der Waals surface area contributed by atoms with Crippen molar-refractivity contribution in [2.24, 2.45) is 0 Å². The minimum absolute atomic E-state index is 0.704. The van der Waals surface area contributed by atoms with Gasteiger partial charge >= 0.3 is 0 Å². The van der Waals surface area contributed by atoms with Gasteiger partial charge in [0.25, 0.3) is 0 Å². The fourth-order valence-corrected chi connectivity index (χ4v) is 2.14. The fourth-order valence-electron chi connectivity index (χ4n) is 2.14. The normalized spacial score (nSPS) is 10.7. The van der Waals surface area contributed by atoms with Gasteiger partial charge < -0.3 is 5.73 Å². The van der Waals surface area contributed by atoms with E-state index in [9.17, 15) is 0 Å². The largest absolute Gasteiger partial charge is 0.399 e. The van der Waals surface area contributed by atoms with Gasteiger partial charge in [0.1, 0.15) is 0 Å². The number of rotatable bonds is 2. The van der Waals surface area contributed by atoms with Crippen LogP contribution in [0.15, 0.2) is 55.2 Å². The van der Waals surface area contributed by atoms with E-state index in [1.807, 2.05) is 49.4 Å². The molecule has 0 unspecified atom stereocenters. The Morgan fingerprint density at radius 1 is 1.10 bits per heavy atom. The Morgan fingerprint density at radius 2 is 1.85 bits per heavy atom. The zero-order chi connectivity index (χ0) is 14.1. The number of hydrogen-bond acceptors (Lipinski definition) is 3. The summed E-state index contributed by atoms with van der Waals surface area (Å²) in [6.45, 7) is 5.92. The zero-order valence-corrected chi connectivity index (χ0v) is 11.3. The van der Waals surface area contributed by atoms with Crippen molar-refractivity contribution in [2.75, 3.05) is 5.73 Å². The summed E-state index contributed by atoms with van der Waals surface area (Å²) in [7, 11) is 0. The maximum Gasteiger partial charge on any atom is 0.0894 e. The van der Waals surface area contributed by atoms with E-state index in [-0.39, 0.29) is 0 Å². The Morgan fingerprint density at radius 3 is 2.60 bits per heavy atom. The van der Waals surface area contributed by atoms with Gasteiger partial charge in [-0.3, -0.25) is 4.98 Å². The van der Waals surface area contributed by atoms with Crippen LogP contribution < -0.4 is 5.73 Å². The summed E-state index contributed by atoms with van der Waals surface area (Å²) in [5, 5.41) is 0. The van der Waals surface area contributed by atoms with Crippen LogP contribution >= 0.6 is 0 Å². The highest BCUT2D eigenvalue weighted by molar-refractivity contribution is 5.79. The van der Waals surface area contributed by atoms with E-state index in [0.717, 1.165) is 33.4 Å². The van der Waals surface area contributed by atoms with E-state index in [0.29, 0.717) is 5.69 Å². The molecule has 3 nitrogen and oxygen atoms in total. The molecule has 3 rings (SSSR count). The van der Waals surface area contributed by atoms with Crippen LogP contribution in [0.1, 0.15) is 12.5 Å². The Balaban J connectivity index is 2.17. The average Bonchev–Trinajstić information content (AvgIpc) is 2.46. The Kier molecular flexibility index (Phi) is 2.95. The second-order valence-corrected chi connectivity index (χ2v) is 4.87. The average molecular weight is 261 g/mol. The number of nitrogens with two attached hydrogens (primary N) is 1. The summed E-state index contributed by atoms with van der Waals surface area (Å²) in [6.07, 6.45) is 1.78. The van der Waals surface area contributed by atoms with Crippen molar-refractivity contribution in [1.29, 1.82) is 0 Å². The van der Waals surface area contributed by atoms with Crippen LogP contribution in [0.25, 0.3) is 27.9 Å². The number of allylic oxidation sites excluding steroid dienone is 1. The quantitative estimate of drug-likeness (QED) is 0.711. The fraction of sp³-hybridized carbons (Fsp3) is 0.0588. The van der Waals surface area contributed by atoms with E-state index in [2.05, 4.69) is 16.5 Å². The summed E-state index contributed by atoms with van der Waals surface area (Å²) < 4.78 is 0.